The molecule has 0 saturated carbocycles. The molecule has 2 aromatic heterocycles. The van der Waals surface area contributed by atoms with Crippen LogP contribution >= 0.6 is 34.8 Å². The van der Waals surface area contributed by atoms with Gasteiger partial charge in [-0.05, 0) is 42.5 Å². The smallest absolute Gasteiger partial charge is 0.410 e. The van der Waals surface area contributed by atoms with Gasteiger partial charge in [0, 0.05) is 16.5 Å². The van der Waals surface area contributed by atoms with Gasteiger partial charge in [-0.1, -0.05) is 53.0 Å². The highest BCUT2D eigenvalue weighted by Crippen LogP contribution is 2.36. The number of carbonyl (C=O) groups excluding carboxylic acids is 1. The molecule has 0 bridgehead atoms. The van der Waals surface area contributed by atoms with Crippen LogP contribution in [0.25, 0.3) is 33.3 Å². The largest absolute Gasteiger partial charge is 0.418 e. The Morgan fingerprint density at radius 3 is 2.47 bits per heavy atom. The molecule has 2 heterocycles. The molecule has 2 N–H and O–H groups in total. The zero-order chi connectivity index (χ0) is 22.2. The van der Waals surface area contributed by atoms with E-state index in [9.17, 15) is 4.79 Å². The van der Waals surface area contributed by atoms with Crippen molar-refractivity contribution in [2.24, 2.45) is 0 Å². The van der Waals surface area contributed by atoms with Gasteiger partial charge >= 0.3 is 6.09 Å². The van der Waals surface area contributed by atoms with E-state index in [1.807, 2.05) is 30.3 Å². The highest BCUT2D eigenvalue weighted by atomic mass is 35.5. The molecule has 3 aromatic carbocycles. The Kier molecular flexibility index (Phi) is 5.35. The van der Waals surface area contributed by atoms with Crippen LogP contribution in [0.3, 0.4) is 0 Å². The topological polar surface area (TPSA) is 79.9 Å². The van der Waals surface area contributed by atoms with E-state index in [2.05, 4.69) is 20.3 Å². The fourth-order valence-corrected chi connectivity index (χ4v) is 4.31. The number of benzene rings is 3. The van der Waals surface area contributed by atoms with Gasteiger partial charge in [-0.3, -0.25) is 5.32 Å². The first kappa shape index (κ1) is 20.6. The Morgan fingerprint density at radius 1 is 0.875 bits per heavy atom. The number of nitrogens with zero attached hydrogens (tertiary/aromatic N) is 2. The van der Waals surface area contributed by atoms with Crippen LogP contribution in [-0.2, 0) is 0 Å². The van der Waals surface area contributed by atoms with Gasteiger partial charge in [0.1, 0.15) is 17.4 Å². The van der Waals surface area contributed by atoms with Gasteiger partial charge in [-0.2, -0.15) is 0 Å². The molecule has 5 aromatic rings. The number of hydrogen-bond donors (Lipinski definition) is 2. The van der Waals surface area contributed by atoms with Crippen LogP contribution in [0.5, 0.6) is 5.75 Å². The maximum atomic E-state index is 12.4. The molecule has 0 aliphatic rings. The zero-order valence-electron chi connectivity index (χ0n) is 16.2. The molecule has 0 unspecified atom stereocenters. The SMILES string of the molecule is O=C(Nc1ccc2ccccc2n1)Oc1ccc2nc(-c3c(Cl)cc(Cl)cc3Cl)[nH]c2c1. The molecule has 158 valence electrons. The first-order chi connectivity index (χ1) is 15.5. The van der Waals surface area contributed by atoms with E-state index in [4.69, 9.17) is 39.5 Å². The number of fused-ring (bicyclic) bond motifs is 2. The Bertz CT molecular complexity index is 1480. The van der Waals surface area contributed by atoms with Crippen LogP contribution in [0, 0.1) is 0 Å². The lowest BCUT2D eigenvalue weighted by molar-refractivity contribution is 0.215. The van der Waals surface area contributed by atoms with E-state index in [1.165, 1.54) is 0 Å². The van der Waals surface area contributed by atoms with Crippen molar-refractivity contribution >= 4 is 68.7 Å². The number of amides is 1. The van der Waals surface area contributed by atoms with E-state index < -0.39 is 6.09 Å². The van der Waals surface area contributed by atoms with E-state index >= 15 is 0 Å². The number of H-pyrrole nitrogens is 1. The third-order valence-corrected chi connectivity index (χ3v) is 5.55. The summed E-state index contributed by atoms with van der Waals surface area (Å²) in [6.07, 6.45) is -0.657. The predicted octanol–water partition coefficient (Wildman–Crippen LogP) is 7.35. The normalized spacial score (nSPS) is 11.1. The summed E-state index contributed by atoms with van der Waals surface area (Å²) in [5.41, 5.74) is 2.62. The maximum absolute atomic E-state index is 12.4. The molecule has 32 heavy (non-hydrogen) atoms. The molecule has 0 spiro atoms. The van der Waals surface area contributed by atoms with E-state index in [0.29, 0.717) is 49.1 Å². The number of anilines is 1. The minimum Gasteiger partial charge on any atom is -0.410 e. The lowest BCUT2D eigenvalue weighted by Gasteiger charge is -2.07. The number of para-hydroxylation sites is 1. The highest BCUT2D eigenvalue weighted by molar-refractivity contribution is 6.41. The van der Waals surface area contributed by atoms with Crippen molar-refractivity contribution in [3.63, 3.8) is 0 Å². The van der Waals surface area contributed by atoms with Crippen molar-refractivity contribution in [1.82, 2.24) is 15.0 Å². The molecule has 0 radical (unpaired) electrons. The molecule has 1 amide bonds. The lowest BCUT2D eigenvalue weighted by atomic mass is 10.2. The lowest BCUT2D eigenvalue weighted by Crippen LogP contribution is -2.17. The maximum Gasteiger partial charge on any atom is 0.418 e. The van der Waals surface area contributed by atoms with Crippen molar-refractivity contribution < 1.29 is 9.53 Å². The average molecular weight is 484 g/mol. The molecule has 0 atom stereocenters. The molecule has 0 saturated heterocycles. The van der Waals surface area contributed by atoms with Gasteiger partial charge in [-0.15, -0.1) is 0 Å². The quantitative estimate of drug-likeness (QED) is 0.281. The summed E-state index contributed by atoms with van der Waals surface area (Å²) in [6.45, 7) is 0. The van der Waals surface area contributed by atoms with Crippen LogP contribution in [-0.4, -0.2) is 21.0 Å². The molecule has 0 fully saturated rings. The first-order valence-corrected chi connectivity index (χ1v) is 10.6. The summed E-state index contributed by atoms with van der Waals surface area (Å²) in [6, 6.07) is 19.4. The third kappa shape index (κ3) is 4.08. The van der Waals surface area contributed by atoms with Crippen molar-refractivity contribution in [3.05, 3.63) is 81.8 Å². The number of imidazole rings is 1. The number of halogens is 3. The number of hydrogen-bond acceptors (Lipinski definition) is 4. The molecular formula is C23H13Cl3N4O2. The van der Waals surface area contributed by atoms with Gasteiger partial charge < -0.3 is 9.72 Å². The van der Waals surface area contributed by atoms with Crippen molar-refractivity contribution in [1.29, 1.82) is 0 Å². The summed E-state index contributed by atoms with van der Waals surface area (Å²) >= 11 is 18.6. The molecule has 6 nitrogen and oxygen atoms in total. The first-order valence-electron chi connectivity index (χ1n) is 9.45. The van der Waals surface area contributed by atoms with E-state index in [-0.39, 0.29) is 0 Å². The molecular weight excluding hydrogens is 471 g/mol. The van der Waals surface area contributed by atoms with Crippen molar-refractivity contribution in [2.75, 3.05) is 5.32 Å². The van der Waals surface area contributed by atoms with Crippen LogP contribution in [0.15, 0.2) is 66.7 Å². The number of carbonyl (C=O) groups is 1. The van der Waals surface area contributed by atoms with Gasteiger partial charge in [0.05, 0.1) is 32.2 Å². The molecule has 5 rings (SSSR count). The number of ether oxygens (including phenoxy) is 1. The van der Waals surface area contributed by atoms with Crippen LogP contribution < -0.4 is 10.1 Å². The second kappa shape index (κ2) is 8.31. The molecule has 0 aliphatic heterocycles. The van der Waals surface area contributed by atoms with E-state index in [1.54, 1.807) is 36.4 Å². The van der Waals surface area contributed by atoms with Gasteiger partial charge in [0.25, 0.3) is 0 Å². The van der Waals surface area contributed by atoms with Gasteiger partial charge in [0.2, 0.25) is 0 Å². The predicted molar refractivity (Wildman–Crippen MR) is 128 cm³/mol. The second-order valence-corrected chi connectivity index (χ2v) is 8.16. The Hall–Kier alpha value is -3.32. The minimum atomic E-state index is -0.657. The number of aromatic nitrogens is 3. The molecule has 9 heteroatoms. The van der Waals surface area contributed by atoms with E-state index in [0.717, 1.165) is 10.9 Å². The van der Waals surface area contributed by atoms with Gasteiger partial charge in [0.15, 0.2) is 0 Å². The standard InChI is InChI=1S/C23H13Cl3N4O2/c24-13-9-15(25)21(16(26)10-13)22-28-18-7-6-14(11-19(18)29-22)32-23(31)30-20-8-5-12-3-1-2-4-17(12)27-20/h1-11H,(H,28,29)(H,27,30,31). The van der Waals surface area contributed by atoms with Gasteiger partial charge in [-0.25, -0.2) is 14.8 Å². The van der Waals surface area contributed by atoms with Crippen molar-refractivity contribution in [2.45, 2.75) is 0 Å². The van der Waals surface area contributed by atoms with Crippen molar-refractivity contribution in [3.8, 4) is 17.1 Å². The number of pyridine rings is 1. The van der Waals surface area contributed by atoms with Crippen LogP contribution in [0.2, 0.25) is 15.1 Å². The van der Waals surface area contributed by atoms with Crippen LogP contribution in [0.4, 0.5) is 10.6 Å². The molecule has 0 aliphatic carbocycles. The number of nitrogens with one attached hydrogen (secondary N) is 2. The van der Waals surface area contributed by atoms with Crippen LogP contribution in [0.1, 0.15) is 0 Å². The summed E-state index contributed by atoms with van der Waals surface area (Å²) < 4.78 is 5.41. The Labute approximate surface area is 197 Å². The monoisotopic (exact) mass is 482 g/mol. The summed E-state index contributed by atoms with van der Waals surface area (Å²) in [5.74, 6) is 1.21. The Morgan fingerprint density at radius 2 is 1.66 bits per heavy atom. The summed E-state index contributed by atoms with van der Waals surface area (Å²) in [7, 11) is 0. The highest BCUT2D eigenvalue weighted by Gasteiger charge is 2.15. The summed E-state index contributed by atoms with van der Waals surface area (Å²) in [5, 5.41) is 4.80. The third-order valence-electron chi connectivity index (χ3n) is 4.74. The number of aromatic amines is 1. The Balaban J connectivity index is 1.37. The number of rotatable bonds is 3. The second-order valence-electron chi connectivity index (χ2n) is 6.91. The zero-order valence-corrected chi connectivity index (χ0v) is 18.5. The fourth-order valence-electron chi connectivity index (χ4n) is 3.31. The minimum absolute atomic E-state index is 0.333. The summed E-state index contributed by atoms with van der Waals surface area (Å²) in [4.78, 5) is 24.4. The average Bonchev–Trinajstić information content (AvgIpc) is 3.15. The fraction of sp³-hybridized carbons (Fsp3) is 0.